The maximum atomic E-state index is 11.3. The van der Waals surface area contributed by atoms with Gasteiger partial charge in [0.2, 0.25) is 0 Å². The molecule has 1 N–H and O–H groups in total. The lowest BCUT2D eigenvalue weighted by Gasteiger charge is -2.60. The average molecular weight is 399 g/mol. The van der Waals surface area contributed by atoms with Gasteiger partial charge < -0.3 is 5.11 Å². The van der Waals surface area contributed by atoms with E-state index in [9.17, 15) is 5.11 Å². The zero-order valence-corrected chi connectivity index (χ0v) is 20.0. The molecule has 0 heterocycles. The van der Waals surface area contributed by atoms with Crippen LogP contribution in [-0.4, -0.2) is 11.2 Å². The van der Waals surface area contributed by atoms with Crippen LogP contribution in [0.4, 0.5) is 0 Å². The second kappa shape index (κ2) is 6.60. The van der Waals surface area contributed by atoms with Crippen LogP contribution in [0, 0.1) is 63.6 Å². The van der Waals surface area contributed by atoms with Crippen molar-refractivity contribution in [3.05, 3.63) is 12.2 Å². The van der Waals surface area contributed by atoms with Crippen molar-refractivity contribution in [3.63, 3.8) is 0 Å². The molecule has 1 heteroatoms. The third-order valence-corrected chi connectivity index (χ3v) is 12.1. The van der Waals surface area contributed by atoms with Gasteiger partial charge in [-0.15, -0.1) is 0 Å². The fourth-order valence-electron chi connectivity index (χ4n) is 9.92. The highest BCUT2D eigenvalue weighted by atomic mass is 16.3. The lowest BCUT2D eigenvalue weighted by Crippen LogP contribution is -2.56. The van der Waals surface area contributed by atoms with Crippen LogP contribution in [0.15, 0.2) is 12.2 Å². The monoisotopic (exact) mass is 398 g/mol. The number of fused-ring (bicyclic) bond motifs is 4. The highest BCUT2D eigenvalue weighted by Gasteiger charge is 2.77. The Hall–Kier alpha value is -0.300. The molecule has 0 bridgehead atoms. The Kier molecular flexibility index (Phi) is 4.69. The molecule has 11 atom stereocenters. The van der Waals surface area contributed by atoms with E-state index in [1.807, 2.05) is 0 Å². The van der Waals surface area contributed by atoms with Crippen molar-refractivity contribution in [1.82, 2.24) is 0 Å². The molecule has 164 valence electrons. The summed E-state index contributed by atoms with van der Waals surface area (Å²) in [5, 5.41) is 11.3. The lowest BCUT2D eigenvalue weighted by atomic mass is 9.45. The highest BCUT2D eigenvalue weighted by Crippen LogP contribution is 2.81. The van der Waals surface area contributed by atoms with Crippen molar-refractivity contribution in [1.29, 1.82) is 0 Å². The molecule has 0 aliphatic heterocycles. The summed E-state index contributed by atoms with van der Waals surface area (Å²) in [5.74, 6) is 6.33. The van der Waals surface area contributed by atoms with Gasteiger partial charge in [0.1, 0.15) is 0 Å². The first-order valence-electron chi connectivity index (χ1n) is 13.0. The van der Waals surface area contributed by atoms with Crippen molar-refractivity contribution >= 4 is 0 Å². The van der Waals surface area contributed by atoms with E-state index >= 15 is 0 Å². The van der Waals surface area contributed by atoms with Gasteiger partial charge in [0, 0.05) is 5.41 Å². The van der Waals surface area contributed by atoms with E-state index in [0.717, 1.165) is 41.9 Å². The molecule has 0 aromatic rings. The Morgan fingerprint density at radius 1 is 0.897 bits per heavy atom. The number of rotatable bonds is 4. The van der Waals surface area contributed by atoms with E-state index in [2.05, 4.69) is 53.7 Å². The van der Waals surface area contributed by atoms with E-state index < -0.39 is 0 Å². The van der Waals surface area contributed by atoms with Gasteiger partial charge >= 0.3 is 0 Å². The van der Waals surface area contributed by atoms with Gasteiger partial charge in [-0.3, -0.25) is 0 Å². The van der Waals surface area contributed by atoms with Gasteiger partial charge in [0.05, 0.1) is 6.10 Å². The van der Waals surface area contributed by atoms with E-state index in [1.165, 1.54) is 44.9 Å². The smallest absolute Gasteiger partial charge is 0.0607 e. The zero-order chi connectivity index (χ0) is 20.8. The van der Waals surface area contributed by atoms with Crippen LogP contribution < -0.4 is 0 Å². The molecule has 5 aliphatic carbocycles. The Balaban J connectivity index is 1.37. The summed E-state index contributed by atoms with van der Waals surface area (Å²) < 4.78 is 0. The Bertz CT molecular complexity index is 680. The quantitative estimate of drug-likeness (QED) is 0.501. The first-order chi connectivity index (χ1) is 13.6. The van der Waals surface area contributed by atoms with Crippen molar-refractivity contribution in [2.75, 3.05) is 0 Å². The number of hydrogen-bond donors (Lipinski definition) is 1. The number of hydrogen-bond acceptors (Lipinski definition) is 1. The molecule has 5 rings (SSSR count). The van der Waals surface area contributed by atoms with Gasteiger partial charge in [-0.1, -0.05) is 53.7 Å². The van der Waals surface area contributed by atoms with Gasteiger partial charge in [-0.05, 0) is 110 Å². The van der Waals surface area contributed by atoms with Crippen LogP contribution >= 0.6 is 0 Å². The van der Waals surface area contributed by atoms with Gasteiger partial charge in [-0.25, -0.2) is 0 Å². The van der Waals surface area contributed by atoms with Crippen LogP contribution in [0.5, 0.6) is 0 Å². The summed E-state index contributed by atoms with van der Waals surface area (Å²) in [5.41, 5.74) is 1.27. The van der Waals surface area contributed by atoms with Crippen LogP contribution in [0.25, 0.3) is 0 Å². The maximum Gasteiger partial charge on any atom is 0.0607 e. The van der Waals surface area contributed by atoms with Crippen LogP contribution in [0.3, 0.4) is 0 Å². The molecule has 29 heavy (non-hydrogen) atoms. The zero-order valence-electron chi connectivity index (χ0n) is 20.0. The molecule has 1 nitrogen and oxygen atoms in total. The van der Waals surface area contributed by atoms with Crippen molar-refractivity contribution < 1.29 is 5.11 Å². The maximum absolute atomic E-state index is 11.3. The highest BCUT2D eigenvalue weighted by molar-refractivity contribution is 5.25. The largest absolute Gasteiger partial charge is 0.393 e. The topological polar surface area (TPSA) is 20.2 Å². The molecule has 1 spiro atoms. The van der Waals surface area contributed by atoms with E-state index in [1.54, 1.807) is 0 Å². The minimum absolute atomic E-state index is 0.00754. The molecule has 5 saturated carbocycles. The van der Waals surface area contributed by atoms with Gasteiger partial charge in [-0.2, -0.15) is 0 Å². The van der Waals surface area contributed by atoms with Crippen LogP contribution in [-0.2, 0) is 0 Å². The van der Waals surface area contributed by atoms with Crippen molar-refractivity contribution in [2.24, 2.45) is 63.6 Å². The molecule has 0 aromatic heterocycles. The van der Waals surface area contributed by atoms with E-state index in [0.29, 0.717) is 28.1 Å². The fraction of sp³-hybridized carbons (Fsp3) is 0.929. The minimum Gasteiger partial charge on any atom is -0.393 e. The molecule has 5 fully saturated rings. The minimum atomic E-state index is -0.00754. The molecule has 0 aromatic carbocycles. The summed E-state index contributed by atoms with van der Waals surface area (Å²) in [4.78, 5) is 0. The number of aliphatic hydroxyl groups is 1. The number of allylic oxidation sites excluding steroid dienone is 2. The second-order valence-electron chi connectivity index (χ2n) is 13.1. The van der Waals surface area contributed by atoms with E-state index in [-0.39, 0.29) is 6.10 Å². The summed E-state index contributed by atoms with van der Waals surface area (Å²) in [6, 6.07) is 0. The predicted molar refractivity (Wildman–Crippen MR) is 121 cm³/mol. The molecule has 5 aliphatic rings. The van der Waals surface area contributed by atoms with E-state index in [4.69, 9.17) is 0 Å². The third kappa shape index (κ3) is 2.61. The molecule has 0 radical (unpaired) electrons. The predicted octanol–water partition coefficient (Wildman–Crippen LogP) is 7.10. The van der Waals surface area contributed by atoms with Crippen LogP contribution in [0.1, 0.15) is 92.9 Å². The Morgan fingerprint density at radius 3 is 2.34 bits per heavy atom. The van der Waals surface area contributed by atoms with Gasteiger partial charge in [0.25, 0.3) is 0 Å². The molecular formula is C28H46O. The molecular weight excluding hydrogens is 352 g/mol. The van der Waals surface area contributed by atoms with Crippen molar-refractivity contribution in [3.8, 4) is 0 Å². The summed E-state index contributed by atoms with van der Waals surface area (Å²) in [6.45, 7) is 14.8. The normalized spacial score (nSPS) is 55.3. The SMILES string of the molecule is CC(C)[C@@H](C)/C=C/[C@@H](C)[C@H]1CC[C@H]2[C@@H]3C[C@H](O)[C@]45C[C@H]4CC[C@]5(C)[C@H]3CC[C@]12C. The molecule has 0 saturated heterocycles. The van der Waals surface area contributed by atoms with Crippen molar-refractivity contribution in [2.45, 2.75) is 99.0 Å². The second-order valence-corrected chi connectivity index (χ2v) is 13.1. The lowest BCUT2D eigenvalue weighted by molar-refractivity contribution is -0.151. The third-order valence-electron chi connectivity index (χ3n) is 12.1. The Morgan fingerprint density at radius 2 is 1.66 bits per heavy atom. The first-order valence-corrected chi connectivity index (χ1v) is 13.0. The average Bonchev–Trinajstić information content (AvgIpc) is 3.20. The van der Waals surface area contributed by atoms with Gasteiger partial charge in [0.15, 0.2) is 0 Å². The molecule has 0 unspecified atom stereocenters. The van der Waals surface area contributed by atoms with Crippen LogP contribution in [0.2, 0.25) is 0 Å². The molecule has 0 amide bonds. The number of aliphatic hydroxyl groups excluding tert-OH is 1. The Labute approximate surface area is 180 Å². The summed E-state index contributed by atoms with van der Waals surface area (Å²) >= 11 is 0. The fourth-order valence-corrected chi connectivity index (χ4v) is 9.92. The standard InChI is InChI=1S/C28H46O/c1-17(2)18(3)7-8-19(4)22-9-10-23-21-15-25(29)28-16-20(28)11-14-27(28,6)24(21)12-13-26(22,23)5/h7-8,17-25,29H,9-16H2,1-6H3/b8-7+/t18-,19+,20+,21-,22+,23-,24-,25-,26+,27+,28-/m0/s1. The summed E-state index contributed by atoms with van der Waals surface area (Å²) in [6.07, 6.45) is 16.0. The first kappa shape index (κ1) is 20.6. The summed E-state index contributed by atoms with van der Waals surface area (Å²) in [7, 11) is 0.